The van der Waals surface area contributed by atoms with Crippen LogP contribution in [0.1, 0.15) is 20.3 Å². The Morgan fingerprint density at radius 1 is 1.39 bits per heavy atom. The molecule has 0 aliphatic heterocycles. The minimum atomic E-state index is -0.887. The van der Waals surface area contributed by atoms with Crippen molar-refractivity contribution in [1.82, 2.24) is 5.32 Å². The van der Waals surface area contributed by atoms with Crippen LogP contribution in [-0.4, -0.2) is 22.2 Å². The van der Waals surface area contributed by atoms with E-state index in [0.29, 0.717) is 5.11 Å². The molecule has 0 radical (unpaired) electrons. The highest BCUT2D eigenvalue weighted by Gasteiger charge is 2.23. The molecular weight excluding hydrogens is 248 g/mol. The molecule has 0 aliphatic carbocycles. The summed E-state index contributed by atoms with van der Waals surface area (Å²) in [5.74, 6) is -0.875. The Balaban J connectivity index is 2.60. The number of rotatable bonds is 5. The fourth-order valence-electron chi connectivity index (χ4n) is 1.51. The van der Waals surface area contributed by atoms with Gasteiger partial charge in [-0.1, -0.05) is 38.5 Å². The zero-order valence-corrected chi connectivity index (χ0v) is 11.3. The highest BCUT2D eigenvalue weighted by Crippen LogP contribution is 2.09. The van der Waals surface area contributed by atoms with Crippen molar-refractivity contribution >= 4 is 29.0 Å². The second-order valence-corrected chi connectivity index (χ2v) is 4.57. The average Bonchev–Trinajstić information content (AvgIpc) is 2.36. The van der Waals surface area contributed by atoms with Crippen molar-refractivity contribution in [3.05, 3.63) is 30.3 Å². The van der Waals surface area contributed by atoms with Gasteiger partial charge in [-0.3, -0.25) is 0 Å². The van der Waals surface area contributed by atoms with Gasteiger partial charge in [0.1, 0.15) is 6.04 Å². The highest BCUT2D eigenvalue weighted by molar-refractivity contribution is 7.80. The van der Waals surface area contributed by atoms with Crippen LogP contribution in [0.2, 0.25) is 0 Å². The summed E-state index contributed by atoms with van der Waals surface area (Å²) in [6, 6.07) is 8.74. The quantitative estimate of drug-likeness (QED) is 0.715. The lowest BCUT2D eigenvalue weighted by Gasteiger charge is -2.22. The zero-order valence-electron chi connectivity index (χ0n) is 10.5. The third-order valence-corrected chi connectivity index (χ3v) is 3.02. The molecule has 98 valence electrons. The van der Waals surface area contributed by atoms with Crippen LogP contribution < -0.4 is 10.6 Å². The van der Waals surface area contributed by atoms with Gasteiger partial charge in [-0.2, -0.15) is 0 Å². The molecule has 2 atom stereocenters. The molecule has 0 saturated heterocycles. The molecule has 0 fully saturated rings. The number of carbonyl (C=O) groups is 1. The van der Waals surface area contributed by atoms with Crippen LogP contribution in [0.3, 0.4) is 0 Å². The van der Waals surface area contributed by atoms with Gasteiger partial charge in [-0.05, 0) is 30.3 Å². The van der Waals surface area contributed by atoms with Gasteiger partial charge in [0.05, 0.1) is 0 Å². The molecule has 0 unspecified atom stereocenters. The second-order valence-electron chi connectivity index (χ2n) is 4.17. The van der Waals surface area contributed by atoms with Crippen LogP contribution in [0.4, 0.5) is 5.69 Å². The molecule has 4 nitrogen and oxygen atoms in total. The van der Waals surface area contributed by atoms with Crippen molar-refractivity contribution in [2.24, 2.45) is 5.92 Å². The van der Waals surface area contributed by atoms with Crippen LogP contribution >= 0.6 is 12.2 Å². The van der Waals surface area contributed by atoms with Gasteiger partial charge in [0.2, 0.25) is 0 Å². The predicted octanol–water partition coefficient (Wildman–Crippen LogP) is 2.47. The van der Waals surface area contributed by atoms with Gasteiger partial charge in [0, 0.05) is 5.69 Å². The van der Waals surface area contributed by atoms with E-state index in [2.05, 4.69) is 10.6 Å². The van der Waals surface area contributed by atoms with E-state index in [1.165, 1.54) is 0 Å². The molecule has 0 bridgehead atoms. The van der Waals surface area contributed by atoms with Gasteiger partial charge in [-0.15, -0.1) is 0 Å². The topological polar surface area (TPSA) is 61.4 Å². The Kier molecular flexibility index (Phi) is 5.58. The number of para-hydroxylation sites is 1. The van der Waals surface area contributed by atoms with Crippen LogP contribution in [-0.2, 0) is 4.79 Å². The second kappa shape index (κ2) is 6.96. The molecule has 1 aromatic carbocycles. The normalized spacial score (nSPS) is 13.4. The molecule has 0 heterocycles. The molecule has 0 spiro atoms. The highest BCUT2D eigenvalue weighted by atomic mass is 32.1. The van der Waals surface area contributed by atoms with E-state index >= 15 is 0 Å². The standard InChI is InChI=1S/C13H18N2O2S/c1-3-9(2)11(12(16)17)15-13(18)14-10-7-5-4-6-8-10/h4-9,11H,3H2,1-2H3,(H,16,17)(H2,14,15,18)/t9-,11+/m1/s1. The molecule has 0 aromatic heterocycles. The van der Waals surface area contributed by atoms with Crippen LogP contribution in [0.15, 0.2) is 30.3 Å². The zero-order chi connectivity index (χ0) is 13.5. The first-order valence-corrected chi connectivity index (χ1v) is 6.30. The first-order valence-electron chi connectivity index (χ1n) is 5.90. The Hall–Kier alpha value is -1.62. The molecule has 5 heteroatoms. The summed E-state index contributed by atoms with van der Waals surface area (Å²) in [5, 5.41) is 15.3. The minimum absolute atomic E-state index is 0.0121. The van der Waals surface area contributed by atoms with Crippen LogP contribution in [0.5, 0.6) is 0 Å². The van der Waals surface area contributed by atoms with Gasteiger partial charge in [-0.25, -0.2) is 4.79 Å². The van der Waals surface area contributed by atoms with Gasteiger partial charge < -0.3 is 15.7 Å². The summed E-state index contributed by atoms with van der Waals surface area (Å²) >= 11 is 5.11. The lowest BCUT2D eigenvalue weighted by Crippen LogP contribution is -2.46. The van der Waals surface area contributed by atoms with Crippen LogP contribution in [0, 0.1) is 5.92 Å². The molecule has 3 N–H and O–H groups in total. The smallest absolute Gasteiger partial charge is 0.326 e. The van der Waals surface area contributed by atoms with E-state index < -0.39 is 12.0 Å². The molecule has 1 aromatic rings. The van der Waals surface area contributed by atoms with Gasteiger partial charge in [0.15, 0.2) is 5.11 Å². The first kappa shape index (κ1) is 14.4. The SMILES string of the molecule is CC[C@@H](C)[C@H](NC(=S)Nc1ccccc1)C(=O)O. The first-order chi connectivity index (χ1) is 8.54. The third kappa shape index (κ3) is 4.33. The maximum absolute atomic E-state index is 11.1. The maximum Gasteiger partial charge on any atom is 0.326 e. The van der Waals surface area contributed by atoms with E-state index in [4.69, 9.17) is 17.3 Å². The monoisotopic (exact) mass is 266 g/mol. The third-order valence-electron chi connectivity index (χ3n) is 2.80. The summed E-state index contributed by atoms with van der Waals surface area (Å²) in [7, 11) is 0. The molecule has 1 rings (SSSR count). The van der Waals surface area contributed by atoms with Crippen molar-refractivity contribution < 1.29 is 9.90 Å². The Morgan fingerprint density at radius 3 is 2.50 bits per heavy atom. The number of thiocarbonyl (C=S) groups is 1. The number of aliphatic carboxylic acids is 1. The molecule has 0 saturated carbocycles. The van der Waals surface area contributed by atoms with E-state index in [9.17, 15) is 4.79 Å². The van der Waals surface area contributed by atoms with Gasteiger partial charge in [0.25, 0.3) is 0 Å². The van der Waals surface area contributed by atoms with E-state index in [0.717, 1.165) is 12.1 Å². The van der Waals surface area contributed by atoms with Crippen LogP contribution in [0.25, 0.3) is 0 Å². The number of carboxylic acid groups (broad SMARTS) is 1. The Bertz CT molecular complexity index is 409. The fourth-order valence-corrected chi connectivity index (χ4v) is 1.76. The predicted molar refractivity (Wildman–Crippen MR) is 76.7 cm³/mol. The number of anilines is 1. The number of carboxylic acids is 1. The number of nitrogens with one attached hydrogen (secondary N) is 2. The molecule has 0 aliphatic rings. The summed E-state index contributed by atoms with van der Waals surface area (Å²) in [6.45, 7) is 3.84. The van der Waals surface area contributed by atoms with Crippen molar-refractivity contribution in [2.45, 2.75) is 26.3 Å². The molecule has 0 amide bonds. The van der Waals surface area contributed by atoms with E-state index in [1.54, 1.807) is 0 Å². The fraction of sp³-hybridized carbons (Fsp3) is 0.385. The number of benzene rings is 1. The summed E-state index contributed by atoms with van der Waals surface area (Å²) in [5.41, 5.74) is 0.836. The maximum atomic E-state index is 11.1. The summed E-state index contributed by atoms with van der Waals surface area (Å²) < 4.78 is 0. The van der Waals surface area contributed by atoms with Crippen molar-refractivity contribution in [3.8, 4) is 0 Å². The average molecular weight is 266 g/mol. The van der Waals surface area contributed by atoms with Crippen molar-refractivity contribution in [2.75, 3.05) is 5.32 Å². The summed E-state index contributed by atoms with van der Waals surface area (Å²) in [6.07, 6.45) is 0.776. The lowest BCUT2D eigenvalue weighted by molar-refractivity contribution is -0.140. The lowest BCUT2D eigenvalue weighted by atomic mass is 10.00. The van der Waals surface area contributed by atoms with Crippen molar-refractivity contribution in [1.29, 1.82) is 0 Å². The van der Waals surface area contributed by atoms with Crippen molar-refractivity contribution in [3.63, 3.8) is 0 Å². The van der Waals surface area contributed by atoms with Gasteiger partial charge >= 0.3 is 5.97 Å². The summed E-state index contributed by atoms with van der Waals surface area (Å²) in [4.78, 5) is 11.1. The Labute approximate surface area is 112 Å². The van der Waals surface area contributed by atoms with E-state index in [1.807, 2.05) is 44.2 Å². The largest absolute Gasteiger partial charge is 0.480 e. The molecule has 18 heavy (non-hydrogen) atoms. The number of hydrogen-bond acceptors (Lipinski definition) is 2. The van der Waals surface area contributed by atoms with E-state index in [-0.39, 0.29) is 5.92 Å². The Morgan fingerprint density at radius 2 is 2.00 bits per heavy atom. The number of hydrogen-bond donors (Lipinski definition) is 3. The minimum Gasteiger partial charge on any atom is -0.480 e. The molecular formula is C13H18N2O2S.